The molecule has 124 valence electrons. The molecule has 0 N–H and O–H groups in total. The number of ether oxygens (including phenoxy) is 1. The number of aryl methyl sites for hydroxylation is 1. The number of carbonyl (C=O) groups is 2. The zero-order valence-corrected chi connectivity index (χ0v) is 14.1. The van der Waals surface area contributed by atoms with Crippen LogP contribution in [0.5, 0.6) is 0 Å². The number of aromatic nitrogens is 1. The number of nitriles is 2. The Labute approximate surface area is 148 Å². The molecule has 25 heavy (non-hydrogen) atoms. The summed E-state index contributed by atoms with van der Waals surface area (Å²) in [5, 5.41) is 20.0. The Morgan fingerprint density at radius 3 is 2.60 bits per heavy atom. The second kappa shape index (κ2) is 8.53. The zero-order valence-electron chi connectivity index (χ0n) is 13.3. The van der Waals surface area contributed by atoms with Gasteiger partial charge in [0.1, 0.15) is 5.01 Å². The van der Waals surface area contributed by atoms with Gasteiger partial charge < -0.3 is 4.74 Å². The SMILES string of the molecule is Cc1csc([C@@H](C#N)C(=O)COC(=O)/C=C/c2ccc(C#N)cc2)n1. The van der Waals surface area contributed by atoms with Gasteiger partial charge in [-0.25, -0.2) is 9.78 Å². The molecule has 1 aromatic carbocycles. The Hall–Kier alpha value is -3.29. The maximum Gasteiger partial charge on any atom is 0.331 e. The van der Waals surface area contributed by atoms with Gasteiger partial charge in [-0.05, 0) is 30.7 Å². The topological polar surface area (TPSA) is 104 Å². The van der Waals surface area contributed by atoms with E-state index in [2.05, 4.69) is 4.98 Å². The largest absolute Gasteiger partial charge is 0.454 e. The smallest absolute Gasteiger partial charge is 0.331 e. The summed E-state index contributed by atoms with van der Waals surface area (Å²) in [6.07, 6.45) is 2.70. The molecule has 0 aliphatic carbocycles. The molecule has 0 saturated heterocycles. The van der Waals surface area contributed by atoms with E-state index in [4.69, 9.17) is 15.3 Å². The number of hydrogen-bond acceptors (Lipinski definition) is 7. The Balaban J connectivity index is 1.90. The van der Waals surface area contributed by atoms with Gasteiger partial charge in [-0.2, -0.15) is 10.5 Å². The Kier molecular flexibility index (Phi) is 6.16. The quantitative estimate of drug-likeness (QED) is 0.585. The van der Waals surface area contributed by atoms with Crippen LogP contribution in [0.1, 0.15) is 27.7 Å². The average Bonchev–Trinajstić information content (AvgIpc) is 3.05. The standard InChI is InChI=1S/C18H13N3O3S/c1-12-11-25-18(21-12)15(9-20)16(22)10-24-17(23)7-6-13-2-4-14(8-19)5-3-13/h2-7,11,15H,10H2,1H3/b7-6+/t15-/m0/s1. The molecular weight excluding hydrogens is 338 g/mol. The summed E-state index contributed by atoms with van der Waals surface area (Å²) in [6, 6.07) is 10.5. The summed E-state index contributed by atoms with van der Waals surface area (Å²) in [6.45, 7) is 1.28. The maximum atomic E-state index is 12.0. The first-order valence-corrected chi connectivity index (χ1v) is 8.11. The zero-order chi connectivity index (χ0) is 18.2. The number of hydrogen-bond donors (Lipinski definition) is 0. The van der Waals surface area contributed by atoms with E-state index in [9.17, 15) is 9.59 Å². The highest BCUT2D eigenvalue weighted by Gasteiger charge is 2.24. The van der Waals surface area contributed by atoms with Crippen LogP contribution in [-0.4, -0.2) is 23.3 Å². The molecule has 0 spiro atoms. The highest BCUT2D eigenvalue weighted by molar-refractivity contribution is 7.09. The number of thiazole rings is 1. The number of Topliss-reactive ketones (excluding diaryl/α,β-unsaturated/α-hetero) is 1. The lowest BCUT2D eigenvalue weighted by Gasteiger charge is -2.05. The van der Waals surface area contributed by atoms with Crippen molar-refractivity contribution in [2.24, 2.45) is 0 Å². The molecule has 2 rings (SSSR count). The van der Waals surface area contributed by atoms with Gasteiger partial charge in [-0.15, -0.1) is 11.3 Å². The van der Waals surface area contributed by atoms with Crippen molar-refractivity contribution in [2.45, 2.75) is 12.8 Å². The van der Waals surface area contributed by atoms with Crippen molar-refractivity contribution in [3.05, 3.63) is 57.6 Å². The van der Waals surface area contributed by atoms with Crippen molar-refractivity contribution < 1.29 is 14.3 Å². The number of carbonyl (C=O) groups excluding carboxylic acids is 2. The molecule has 0 aliphatic heterocycles. The molecule has 1 heterocycles. The van der Waals surface area contributed by atoms with E-state index in [-0.39, 0.29) is 0 Å². The van der Waals surface area contributed by atoms with Crippen molar-refractivity contribution >= 4 is 29.2 Å². The van der Waals surface area contributed by atoms with Crippen LogP contribution < -0.4 is 0 Å². The van der Waals surface area contributed by atoms with Gasteiger partial charge in [-0.1, -0.05) is 12.1 Å². The summed E-state index contributed by atoms with van der Waals surface area (Å²) >= 11 is 1.22. The first-order valence-electron chi connectivity index (χ1n) is 7.23. The van der Waals surface area contributed by atoms with Crippen LogP contribution in [0.25, 0.3) is 6.08 Å². The molecule has 0 unspecified atom stereocenters. The minimum Gasteiger partial charge on any atom is -0.454 e. The first kappa shape index (κ1) is 18.1. The summed E-state index contributed by atoms with van der Waals surface area (Å²) < 4.78 is 4.88. The lowest BCUT2D eigenvalue weighted by molar-refractivity contribution is -0.143. The maximum absolute atomic E-state index is 12.0. The van der Waals surface area contributed by atoms with Crippen LogP contribution in [0.2, 0.25) is 0 Å². The molecule has 0 radical (unpaired) electrons. The summed E-state index contributed by atoms with van der Waals surface area (Å²) in [5.74, 6) is -2.24. The van der Waals surface area contributed by atoms with E-state index in [0.29, 0.717) is 10.6 Å². The van der Waals surface area contributed by atoms with Gasteiger partial charge >= 0.3 is 5.97 Å². The van der Waals surface area contributed by atoms with Crippen molar-refractivity contribution in [1.82, 2.24) is 4.98 Å². The fourth-order valence-corrected chi connectivity index (χ4v) is 2.74. The summed E-state index contributed by atoms with van der Waals surface area (Å²) in [7, 11) is 0. The van der Waals surface area contributed by atoms with Crippen LogP contribution in [0, 0.1) is 29.6 Å². The summed E-state index contributed by atoms with van der Waals surface area (Å²) in [5.41, 5.74) is 1.97. The van der Waals surface area contributed by atoms with Gasteiger partial charge in [0.05, 0.1) is 17.7 Å². The van der Waals surface area contributed by atoms with E-state index in [1.54, 1.807) is 36.6 Å². The van der Waals surface area contributed by atoms with E-state index in [0.717, 1.165) is 11.3 Å². The number of benzene rings is 1. The van der Waals surface area contributed by atoms with Crippen LogP contribution in [-0.2, 0) is 14.3 Å². The minimum atomic E-state index is -1.03. The predicted molar refractivity (Wildman–Crippen MR) is 91.4 cm³/mol. The number of esters is 1. The monoisotopic (exact) mass is 351 g/mol. The normalized spacial score (nSPS) is 11.5. The third-order valence-corrected chi connectivity index (χ3v) is 4.17. The molecule has 0 fully saturated rings. The molecule has 6 nitrogen and oxygen atoms in total. The molecule has 1 atom stereocenters. The molecule has 1 aromatic heterocycles. The lowest BCUT2D eigenvalue weighted by Crippen LogP contribution is -2.19. The third-order valence-electron chi connectivity index (χ3n) is 3.14. The van der Waals surface area contributed by atoms with E-state index in [1.807, 2.05) is 12.1 Å². The second-order valence-electron chi connectivity index (χ2n) is 5.03. The van der Waals surface area contributed by atoms with Crippen molar-refractivity contribution in [3.63, 3.8) is 0 Å². The molecule has 0 amide bonds. The minimum absolute atomic E-state index is 0.397. The van der Waals surface area contributed by atoms with Crippen molar-refractivity contribution in [3.8, 4) is 12.1 Å². The molecule has 2 aromatic rings. The van der Waals surface area contributed by atoms with Crippen molar-refractivity contribution in [2.75, 3.05) is 6.61 Å². The van der Waals surface area contributed by atoms with Crippen molar-refractivity contribution in [1.29, 1.82) is 10.5 Å². The average molecular weight is 351 g/mol. The highest BCUT2D eigenvalue weighted by atomic mass is 32.1. The summed E-state index contributed by atoms with van der Waals surface area (Å²) in [4.78, 5) is 27.8. The number of rotatable bonds is 6. The van der Waals surface area contributed by atoms with Gasteiger partial charge in [0.25, 0.3) is 0 Å². The second-order valence-corrected chi connectivity index (χ2v) is 5.92. The Bertz CT molecular complexity index is 886. The van der Waals surface area contributed by atoms with Gasteiger partial charge in [-0.3, -0.25) is 4.79 Å². The van der Waals surface area contributed by atoms with Crippen LogP contribution in [0.4, 0.5) is 0 Å². The van der Waals surface area contributed by atoms with Crippen LogP contribution in [0.3, 0.4) is 0 Å². The number of ketones is 1. The Morgan fingerprint density at radius 2 is 2.04 bits per heavy atom. The van der Waals surface area contributed by atoms with Crippen LogP contribution in [0.15, 0.2) is 35.7 Å². The van der Waals surface area contributed by atoms with E-state index in [1.165, 1.54) is 23.5 Å². The third kappa shape index (κ3) is 5.10. The van der Waals surface area contributed by atoms with E-state index >= 15 is 0 Å². The lowest BCUT2D eigenvalue weighted by atomic mass is 10.1. The molecule has 0 saturated carbocycles. The van der Waals surface area contributed by atoms with Gasteiger partial charge in [0, 0.05) is 17.2 Å². The molecular formula is C18H13N3O3S. The fraction of sp³-hybridized carbons (Fsp3) is 0.167. The Morgan fingerprint density at radius 1 is 1.32 bits per heavy atom. The van der Waals surface area contributed by atoms with Gasteiger partial charge in [0.2, 0.25) is 0 Å². The fourth-order valence-electron chi connectivity index (χ4n) is 1.88. The predicted octanol–water partition coefficient (Wildman–Crippen LogP) is 2.76. The first-order chi connectivity index (χ1) is 12.0. The molecule has 0 aliphatic rings. The molecule has 7 heteroatoms. The van der Waals surface area contributed by atoms with E-state index < -0.39 is 24.3 Å². The van der Waals surface area contributed by atoms with Crippen LogP contribution >= 0.6 is 11.3 Å². The van der Waals surface area contributed by atoms with Gasteiger partial charge in [0.15, 0.2) is 18.3 Å². The molecule has 0 bridgehead atoms. The number of nitrogens with zero attached hydrogens (tertiary/aromatic N) is 3. The highest BCUT2D eigenvalue weighted by Crippen LogP contribution is 2.20.